The lowest BCUT2D eigenvalue weighted by atomic mass is 10.00. The first-order valence-corrected chi connectivity index (χ1v) is 5.64. The van der Waals surface area contributed by atoms with Gasteiger partial charge >= 0.3 is 0 Å². The summed E-state index contributed by atoms with van der Waals surface area (Å²) in [6.07, 6.45) is 4.80. The van der Waals surface area contributed by atoms with Gasteiger partial charge in [-0.15, -0.1) is 0 Å². The van der Waals surface area contributed by atoms with Crippen LogP contribution < -0.4 is 0 Å². The number of nitrogens with zero attached hydrogens (tertiary/aromatic N) is 1. The first kappa shape index (κ1) is 9.97. The SMILES string of the molecule is CN(CC1CCOCC1)C(=N)C1CC1. The number of hydrogen-bond donors (Lipinski definition) is 1. The largest absolute Gasteiger partial charge is 0.381 e. The van der Waals surface area contributed by atoms with E-state index in [9.17, 15) is 0 Å². The van der Waals surface area contributed by atoms with Crippen LogP contribution in [0.15, 0.2) is 0 Å². The lowest BCUT2D eigenvalue weighted by Gasteiger charge is -2.28. The second kappa shape index (κ2) is 4.30. The molecule has 0 unspecified atom stereocenters. The van der Waals surface area contributed by atoms with Gasteiger partial charge < -0.3 is 9.64 Å². The fourth-order valence-corrected chi connectivity index (χ4v) is 2.08. The Bertz CT molecular complexity index is 207. The normalized spacial score (nSPS) is 23.5. The summed E-state index contributed by atoms with van der Waals surface area (Å²) in [5, 5.41) is 7.93. The molecule has 0 radical (unpaired) electrons. The molecular formula is C11H20N2O. The highest BCUT2D eigenvalue weighted by Crippen LogP contribution is 2.31. The molecule has 1 heterocycles. The van der Waals surface area contributed by atoms with Crippen LogP contribution in [0.1, 0.15) is 25.7 Å². The molecule has 1 N–H and O–H groups in total. The number of nitrogens with one attached hydrogen (secondary N) is 1. The predicted molar refractivity (Wildman–Crippen MR) is 56.6 cm³/mol. The standard InChI is InChI=1S/C11H20N2O/c1-13(11(12)10-2-3-10)8-9-4-6-14-7-5-9/h9-10,12H,2-8H2,1H3. The monoisotopic (exact) mass is 196 g/mol. The van der Waals surface area contributed by atoms with E-state index in [1.807, 2.05) is 0 Å². The molecule has 0 atom stereocenters. The van der Waals surface area contributed by atoms with Crippen LogP contribution in [-0.2, 0) is 4.74 Å². The Balaban J connectivity index is 1.74. The molecule has 0 spiro atoms. The Morgan fingerprint density at radius 3 is 2.50 bits per heavy atom. The summed E-state index contributed by atoms with van der Waals surface area (Å²) < 4.78 is 5.33. The summed E-state index contributed by atoms with van der Waals surface area (Å²) in [5.74, 6) is 2.18. The molecule has 3 nitrogen and oxygen atoms in total. The fourth-order valence-electron chi connectivity index (χ4n) is 2.08. The molecule has 80 valence electrons. The van der Waals surface area contributed by atoms with Crippen LogP contribution in [0.4, 0.5) is 0 Å². The highest BCUT2D eigenvalue weighted by Gasteiger charge is 2.29. The summed E-state index contributed by atoms with van der Waals surface area (Å²) in [7, 11) is 2.07. The average molecular weight is 196 g/mol. The van der Waals surface area contributed by atoms with Crippen LogP contribution in [0.5, 0.6) is 0 Å². The lowest BCUT2D eigenvalue weighted by Crippen LogP contribution is -2.34. The maximum absolute atomic E-state index is 7.93. The third-order valence-electron chi connectivity index (χ3n) is 3.25. The van der Waals surface area contributed by atoms with E-state index in [4.69, 9.17) is 10.1 Å². The summed E-state index contributed by atoms with van der Waals surface area (Å²) >= 11 is 0. The topological polar surface area (TPSA) is 36.3 Å². The Kier molecular flexibility index (Phi) is 3.06. The molecule has 1 saturated carbocycles. The Morgan fingerprint density at radius 1 is 1.29 bits per heavy atom. The predicted octanol–water partition coefficient (Wildman–Crippen LogP) is 1.73. The number of hydrogen-bond acceptors (Lipinski definition) is 2. The van der Waals surface area contributed by atoms with Gasteiger partial charge in [-0.25, -0.2) is 0 Å². The van der Waals surface area contributed by atoms with Crippen LogP contribution in [-0.4, -0.2) is 37.5 Å². The number of ether oxygens (including phenoxy) is 1. The molecule has 0 aromatic carbocycles. The third kappa shape index (κ3) is 2.47. The molecule has 0 aromatic heterocycles. The van der Waals surface area contributed by atoms with E-state index in [1.54, 1.807) is 0 Å². The van der Waals surface area contributed by atoms with Crippen molar-refractivity contribution in [3.63, 3.8) is 0 Å². The minimum Gasteiger partial charge on any atom is -0.381 e. The van der Waals surface area contributed by atoms with Crippen LogP contribution in [0.2, 0.25) is 0 Å². The molecule has 14 heavy (non-hydrogen) atoms. The number of rotatable bonds is 3. The van der Waals surface area contributed by atoms with Crippen molar-refractivity contribution in [2.75, 3.05) is 26.8 Å². The minimum atomic E-state index is 0.583. The molecular weight excluding hydrogens is 176 g/mol. The van der Waals surface area contributed by atoms with Crippen LogP contribution in [0, 0.1) is 17.2 Å². The highest BCUT2D eigenvalue weighted by atomic mass is 16.5. The van der Waals surface area contributed by atoms with Gasteiger partial charge in [-0.3, -0.25) is 5.41 Å². The highest BCUT2D eigenvalue weighted by molar-refractivity contribution is 5.83. The average Bonchev–Trinajstić information content (AvgIpc) is 3.01. The van der Waals surface area contributed by atoms with E-state index in [2.05, 4.69) is 11.9 Å². The van der Waals surface area contributed by atoms with Gasteiger partial charge in [-0.2, -0.15) is 0 Å². The molecule has 1 aliphatic heterocycles. The van der Waals surface area contributed by atoms with Crippen molar-refractivity contribution in [1.82, 2.24) is 4.90 Å². The van der Waals surface area contributed by atoms with Crippen molar-refractivity contribution in [2.24, 2.45) is 11.8 Å². The van der Waals surface area contributed by atoms with Gasteiger partial charge in [0.2, 0.25) is 0 Å². The van der Waals surface area contributed by atoms with Gasteiger partial charge in [0.25, 0.3) is 0 Å². The molecule has 0 bridgehead atoms. The van der Waals surface area contributed by atoms with Gasteiger partial charge in [0.15, 0.2) is 0 Å². The summed E-state index contributed by atoms with van der Waals surface area (Å²) in [5.41, 5.74) is 0. The fraction of sp³-hybridized carbons (Fsp3) is 0.909. The van der Waals surface area contributed by atoms with Gasteiger partial charge in [0.1, 0.15) is 0 Å². The summed E-state index contributed by atoms with van der Waals surface area (Å²) in [4.78, 5) is 2.15. The van der Waals surface area contributed by atoms with Crippen molar-refractivity contribution >= 4 is 5.84 Å². The summed E-state index contributed by atoms with van der Waals surface area (Å²) in [6.45, 7) is 2.88. The van der Waals surface area contributed by atoms with Crippen molar-refractivity contribution in [2.45, 2.75) is 25.7 Å². The van der Waals surface area contributed by atoms with Crippen molar-refractivity contribution in [3.05, 3.63) is 0 Å². The van der Waals surface area contributed by atoms with Gasteiger partial charge in [-0.1, -0.05) is 0 Å². The lowest BCUT2D eigenvalue weighted by molar-refractivity contribution is 0.0610. The smallest absolute Gasteiger partial charge is 0.0986 e. The Morgan fingerprint density at radius 2 is 1.93 bits per heavy atom. The molecule has 2 fully saturated rings. The molecule has 3 heteroatoms. The van der Waals surface area contributed by atoms with Gasteiger partial charge in [-0.05, 0) is 31.6 Å². The molecule has 2 rings (SSSR count). The summed E-state index contributed by atoms with van der Waals surface area (Å²) in [6, 6.07) is 0. The van der Waals surface area contributed by atoms with E-state index < -0.39 is 0 Å². The number of amidine groups is 1. The first-order valence-electron chi connectivity index (χ1n) is 5.64. The second-order valence-electron chi connectivity index (χ2n) is 4.60. The zero-order valence-corrected chi connectivity index (χ0v) is 8.96. The van der Waals surface area contributed by atoms with Crippen LogP contribution in [0.25, 0.3) is 0 Å². The Hall–Kier alpha value is -0.570. The van der Waals surface area contributed by atoms with E-state index in [-0.39, 0.29) is 0 Å². The zero-order valence-electron chi connectivity index (χ0n) is 8.96. The minimum absolute atomic E-state index is 0.583. The van der Waals surface area contributed by atoms with Gasteiger partial charge in [0, 0.05) is 32.7 Å². The molecule has 0 amide bonds. The van der Waals surface area contributed by atoms with Crippen LogP contribution >= 0.6 is 0 Å². The van der Waals surface area contributed by atoms with Crippen molar-refractivity contribution < 1.29 is 4.74 Å². The van der Waals surface area contributed by atoms with Crippen LogP contribution in [0.3, 0.4) is 0 Å². The maximum Gasteiger partial charge on any atom is 0.0986 e. The Labute approximate surface area is 85.9 Å². The van der Waals surface area contributed by atoms with E-state index in [0.29, 0.717) is 5.92 Å². The van der Waals surface area contributed by atoms with Crippen molar-refractivity contribution in [1.29, 1.82) is 5.41 Å². The van der Waals surface area contributed by atoms with E-state index in [1.165, 1.54) is 25.7 Å². The maximum atomic E-state index is 7.93. The second-order valence-corrected chi connectivity index (χ2v) is 4.60. The third-order valence-corrected chi connectivity index (χ3v) is 3.25. The first-order chi connectivity index (χ1) is 6.77. The quantitative estimate of drug-likeness (QED) is 0.551. The van der Waals surface area contributed by atoms with E-state index in [0.717, 1.165) is 31.5 Å². The molecule has 0 aromatic rings. The molecule has 1 aliphatic carbocycles. The van der Waals surface area contributed by atoms with E-state index >= 15 is 0 Å². The molecule has 2 aliphatic rings. The molecule has 1 saturated heterocycles. The zero-order chi connectivity index (χ0) is 9.97. The van der Waals surface area contributed by atoms with Gasteiger partial charge in [0.05, 0.1) is 5.84 Å². The van der Waals surface area contributed by atoms with Crippen molar-refractivity contribution in [3.8, 4) is 0 Å².